The standard InChI is InChI=1S/C21H22N2O2S/c1-2-4-17-15(3-1)11-18(25-17)19-5-6-20(26-19)23-13-21(24-14-23)12-22-9-7-16(21)8-10-22/h1-6,11,16H,7-10,12-14H2/t21-/m1/s1. The molecule has 1 spiro atoms. The molecule has 0 N–H and O–H groups in total. The summed E-state index contributed by atoms with van der Waals surface area (Å²) >= 11 is 1.80. The van der Waals surface area contributed by atoms with Gasteiger partial charge in [0.05, 0.1) is 16.4 Å². The molecule has 7 rings (SSSR count). The quantitative estimate of drug-likeness (QED) is 0.671. The molecule has 4 aliphatic heterocycles. The van der Waals surface area contributed by atoms with E-state index in [0.29, 0.717) is 6.73 Å². The van der Waals surface area contributed by atoms with Crippen LogP contribution >= 0.6 is 11.3 Å². The monoisotopic (exact) mass is 366 g/mol. The van der Waals surface area contributed by atoms with Gasteiger partial charge in [-0.05, 0) is 56.1 Å². The minimum atomic E-state index is 0.0556. The Balaban J connectivity index is 1.26. The number of rotatable bonds is 2. The van der Waals surface area contributed by atoms with Crippen molar-refractivity contribution in [3.63, 3.8) is 0 Å². The van der Waals surface area contributed by atoms with E-state index in [1.165, 1.54) is 35.8 Å². The lowest BCUT2D eigenvalue weighted by atomic mass is 9.75. The van der Waals surface area contributed by atoms with Crippen LogP contribution in [0.2, 0.25) is 0 Å². The number of ether oxygens (including phenoxy) is 1. The zero-order valence-electron chi connectivity index (χ0n) is 14.7. The Kier molecular flexibility index (Phi) is 3.28. The molecule has 134 valence electrons. The summed E-state index contributed by atoms with van der Waals surface area (Å²) < 4.78 is 12.4. The molecule has 0 saturated carbocycles. The van der Waals surface area contributed by atoms with Crippen LogP contribution in [0.25, 0.3) is 21.6 Å². The fourth-order valence-corrected chi connectivity index (χ4v) is 5.91. The van der Waals surface area contributed by atoms with E-state index in [1.54, 1.807) is 11.3 Å². The van der Waals surface area contributed by atoms with Crippen molar-refractivity contribution in [2.45, 2.75) is 18.4 Å². The Labute approximate surface area is 157 Å². The van der Waals surface area contributed by atoms with Crippen molar-refractivity contribution in [1.82, 2.24) is 4.90 Å². The minimum absolute atomic E-state index is 0.0556. The average molecular weight is 366 g/mol. The second-order valence-corrected chi connectivity index (χ2v) is 8.94. The van der Waals surface area contributed by atoms with Crippen LogP contribution in [0.1, 0.15) is 12.8 Å². The van der Waals surface area contributed by atoms with Crippen LogP contribution in [0.15, 0.2) is 46.9 Å². The van der Waals surface area contributed by atoms with Crippen molar-refractivity contribution in [3.8, 4) is 10.6 Å². The summed E-state index contributed by atoms with van der Waals surface area (Å²) in [5, 5.41) is 2.45. The number of furan rings is 1. The van der Waals surface area contributed by atoms with E-state index in [2.05, 4.69) is 40.1 Å². The molecule has 2 bridgehead atoms. The highest BCUT2D eigenvalue weighted by Gasteiger charge is 2.51. The van der Waals surface area contributed by atoms with Crippen molar-refractivity contribution in [2.75, 3.05) is 37.8 Å². The summed E-state index contributed by atoms with van der Waals surface area (Å²) in [6, 6.07) is 14.7. The van der Waals surface area contributed by atoms with Crippen LogP contribution in [0, 0.1) is 5.92 Å². The Morgan fingerprint density at radius 2 is 1.92 bits per heavy atom. The topological polar surface area (TPSA) is 28.9 Å². The number of hydrogen-bond acceptors (Lipinski definition) is 5. The van der Waals surface area contributed by atoms with E-state index in [9.17, 15) is 0 Å². The van der Waals surface area contributed by atoms with Gasteiger partial charge in [0.1, 0.15) is 23.7 Å². The molecular formula is C21H22N2O2S. The fourth-order valence-electron chi connectivity index (χ4n) is 4.96. The van der Waals surface area contributed by atoms with Crippen LogP contribution < -0.4 is 4.90 Å². The number of anilines is 1. The van der Waals surface area contributed by atoms with Crippen LogP contribution in [-0.4, -0.2) is 43.4 Å². The molecule has 0 aliphatic carbocycles. The largest absolute Gasteiger partial charge is 0.455 e. The highest BCUT2D eigenvalue weighted by Crippen LogP contribution is 2.44. The zero-order chi connectivity index (χ0) is 17.1. The first-order chi connectivity index (χ1) is 12.8. The second-order valence-electron chi connectivity index (χ2n) is 7.87. The van der Waals surface area contributed by atoms with Crippen LogP contribution in [0.4, 0.5) is 5.00 Å². The molecule has 0 unspecified atom stereocenters. The Morgan fingerprint density at radius 1 is 1.04 bits per heavy atom. The van der Waals surface area contributed by atoms with Gasteiger partial charge in [0.15, 0.2) is 0 Å². The van der Waals surface area contributed by atoms with E-state index >= 15 is 0 Å². The predicted octanol–water partition coefficient (Wildman–Crippen LogP) is 4.42. The van der Waals surface area contributed by atoms with Gasteiger partial charge in [-0.15, -0.1) is 11.3 Å². The predicted molar refractivity (Wildman–Crippen MR) is 105 cm³/mol. The molecule has 26 heavy (non-hydrogen) atoms. The molecule has 4 fully saturated rings. The van der Waals surface area contributed by atoms with Crippen LogP contribution in [-0.2, 0) is 4.74 Å². The summed E-state index contributed by atoms with van der Waals surface area (Å²) in [5.41, 5.74) is 1.01. The zero-order valence-corrected chi connectivity index (χ0v) is 15.5. The summed E-state index contributed by atoms with van der Waals surface area (Å²) in [7, 11) is 0. The summed E-state index contributed by atoms with van der Waals surface area (Å²) in [6.45, 7) is 5.35. The maximum atomic E-state index is 6.41. The van der Waals surface area contributed by atoms with Crippen molar-refractivity contribution in [1.29, 1.82) is 0 Å². The first kappa shape index (κ1) is 15.3. The molecule has 6 heterocycles. The van der Waals surface area contributed by atoms with Crippen molar-refractivity contribution in [2.24, 2.45) is 5.92 Å². The van der Waals surface area contributed by atoms with E-state index in [0.717, 1.165) is 35.7 Å². The van der Waals surface area contributed by atoms with E-state index < -0.39 is 0 Å². The van der Waals surface area contributed by atoms with Crippen molar-refractivity contribution < 1.29 is 9.15 Å². The third kappa shape index (κ3) is 2.27. The molecule has 4 aliphatic rings. The first-order valence-electron chi connectivity index (χ1n) is 9.49. The molecule has 1 aromatic carbocycles. The molecule has 1 atom stereocenters. The van der Waals surface area contributed by atoms with Gasteiger partial charge < -0.3 is 19.0 Å². The van der Waals surface area contributed by atoms with Crippen LogP contribution in [0.3, 0.4) is 0 Å². The summed E-state index contributed by atoms with van der Waals surface area (Å²) in [6.07, 6.45) is 2.59. The van der Waals surface area contributed by atoms with Gasteiger partial charge in [0.25, 0.3) is 0 Å². The molecule has 0 radical (unpaired) electrons. The maximum absolute atomic E-state index is 6.41. The number of hydrogen-bond donors (Lipinski definition) is 0. The van der Waals surface area contributed by atoms with E-state index in [4.69, 9.17) is 9.15 Å². The smallest absolute Gasteiger partial charge is 0.145 e. The fraction of sp³-hybridized carbons (Fsp3) is 0.429. The molecule has 4 nitrogen and oxygen atoms in total. The molecule has 4 saturated heterocycles. The van der Waals surface area contributed by atoms with Crippen LogP contribution in [0.5, 0.6) is 0 Å². The number of thiophene rings is 1. The SMILES string of the molecule is c1ccc2oc(-c3ccc(N4CO[C@]5(CN6CCC5CC6)C4)s3)cc2c1. The number of fused-ring (bicyclic) bond motifs is 3. The lowest BCUT2D eigenvalue weighted by Crippen LogP contribution is -2.60. The van der Waals surface area contributed by atoms with Crippen molar-refractivity contribution >= 4 is 27.3 Å². The van der Waals surface area contributed by atoms with Gasteiger partial charge in [-0.3, -0.25) is 0 Å². The number of nitrogens with zero attached hydrogens (tertiary/aromatic N) is 2. The third-order valence-corrected chi connectivity index (χ3v) is 7.52. The molecule has 2 aromatic heterocycles. The Bertz CT molecular complexity index is 923. The second kappa shape index (κ2) is 5.59. The van der Waals surface area contributed by atoms with Gasteiger partial charge in [0, 0.05) is 11.9 Å². The van der Waals surface area contributed by atoms with Gasteiger partial charge >= 0.3 is 0 Å². The lowest BCUT2D eigenvalue weighted by Gasteiger charge is -2.50. The molecule has 5 heteroatoms. The van der Waals surface area contributed by atoms with Gasteiger partial charge in [-0.2, -0.15) is 0 Å². The first-order valence-corrected chi connectivity index (χ1v) is 10.3. The normalized spacial score (nSPS) is 30.7. The van der Waals surface area contributed by atoms with E-state index in [-0.39, 0.29) is 5.60 Å². The number of benzene rings is 1. The average Bonchev–Trinajstić information content (AvgIpc) is 3.40. The molecular weight excluding hydrogens is 344 g/mol. The van der Waals surface area contributed by atoms with Gasteiger partial charge in [-0.25, -0.2) is 0 Å². The highest BCUT2D eigenvalue weighted by molar-refractivity contribution is 7.19. The number of para-hydroxylation sites is 1. The highest BCUT2D eigenvalue weighted by atomic mass is 32.1. The Morgan fingerprint density at radius 3 is 2.73 bits per heavy atom. The minimum Gasteiger partial charge on any atom is -0.455 e. The van der Waals surface area contributed by atoms with Crippen molar-refractivity contribution in [3.05, 3.63) is 42.5 Å². The number of piperidine rings is 3. The summed E-state index contributed by atoms with van der Waals surface area (Å²) in [5.74, 6) is 1.69. The molecule has 3 aromatic rings. The van der Waals surface area contributed by atoms with E-state index in [1.807, 2.05) is 12.1 Å². The van der Waals surface area contributed by atoms with Gasteiger partial charge in [0.2, 0.25) is 0 Å². The summed E-state index contributed by atoms with van der Waals surface area (Å²) in [4.78, 5) is 6.18. The van der Waals surface area contributed by atoms with Gasteiger partial charge in [-0.1, -0.05) is 18.2 Å². The Hall–Kier alpha value is -1.82. The third-order valence-electron chi connectivity index (χ3n) is 6.36. The molecule has 0 amide bonds. The maximum Gasteiger partial charge on any atom is 0.145 e. The lowest BCUT2D eigenvalue weighted by molar-refractivity contribution is -0.116.